The SMILES string of the molecule is CC.CCCCCCCCC.Cc1ccccc1. The third kappa shape index (κ3) is 17.6. The van der Waals surface area contributed by atoms with Gasteiger partial charge in [0.1, 0.15) is 0 Å². The summed E-state index contributed by atoms with van der Waals surface area (Å²) in [6.07, 6.45) is 9.97. The number of benzene rings is 1. The highest BCUT2D eigenvalue weighted by Crippen LogP contribution is 2.05. The highest BCUT2D eigenvalue weighted by Gasteiger charge is 1.85. The molecule has 0 fully saturated rings. The molecular weight excluding hydrogens is 216 g/mol. The molecule has 0 nitrogen and oxygen atoms in total. The van der Waals surface area contributed by atoms with Gasteiger partial charge in [0.25, 0.3) is 0 Å². The molecule has 0 bridgehead atoms. The van der Waals surface area contributed by atoms with Gasteiger partial charge in [-0.1, -0.05) is 109 Å². The van der Waals surface area contributed by atoms with E-state index in [1.165, 1.54) is 50.5 Å². The molecule has 0 aliphatic rings. The molecule has 0 radical (unpaired) electrons. The van der Waals surface area contributed by atoms with E-state index in [9.17, 15) is 0 Å². The summed E-state index contributed by atoms with van der Waals surface area (Å²) in [6.45, 7) is 10.6. The molecule has 0 aliphatic carbocycles. The Morgan fingerprint density at radius 1 is 0.667 bits per heavy atom. The first-order chi connectivity index (χ1) is 8.81. The van der Waals surface area contributed by atoms with Crippen LogP contribution in [0.4, 0.5) is 0 Å². The van der Waals surface area contributed by atoms with E-state index in [0.717, 1.165) is 0 Å². The van der Waals surface area contributed by atoms with Crippen LogP contribution in [0.1, 0.15) is 78.2 Å². The lowest BCUT2D eigenvalue weighted by Crippen LogP contribution is -1.76. The molecule has 106 valence electrons. The van der Waals surface area contributed by atoms with E-state index < -0.39 is 0 Å². The lowest BCUT2D eigenvalue weighted by atomic mass is 10.1. The predicted octanol–water partition coefficient (Wildman–Crippen LogP) is 6.78. The van der Waals surface area contributed by atoms with Crippen LogP contribution < -0.4 is 0 Å². The third-order valence-electron chi connectivity index (χ3n) is 2.65. The number of unbranched alkanes of at least 4 members (excludes halogenated alkanes) is 6. The highest BCUT2D eigenvalue weighted by atomic mass is 13.9. The zero-order valence-corrected chi connectivity index (χ0v) is 13.3. The molecule has 0 atom stereocenters. The number of rotatable bonds is 6. The van der Waals surface area contributed by atoms with E-state index in [4.69, 9.17) is 0 Å². The van der Waals surface area contributed by atoms with Gasteiger partial charge in [-0.05, 0) is 6.92 Å². The molecule has 0 aromatic heterocycles. The Labute approximate surface area is 116 Å². The monoisotopic (exact) mass is 250 g/mol. The van der Waals surface area contributed by atoms with Crippen LogP contribution in [0.3, 0.4) is 0 Å². The summed E-state index contributed by atoms with van der Waals surface area (Å²) in [5.41, 5.74) is 1.32. The summed E-state index contributed by atoms with van der Waals surface area (Å²) in [5, 5.41) is 0. The summed E-state index contributed by atoms with van der Waals surface area (Å²) >= 11 is 0. The van der Waals surface area contributed by atoms with Crippen molar-refractivity contribution >= 4 is 0 Å². The van der Waals surface area contributed by atoms with Crippen molar-refractivity contribution in [3.63, 3.8) is 0 Å². The van der Waals surface area contributed by atoms with Crippen LogP contribution in [0.2, 0.25) is 0 Å². The minimum atomic E-state index is 1.32. The normalized spacial score (nSPS) is 8.72. The van der Waals surface area contributed by atoms with E-state index >= 15 is 0 Å². The Bertz CT molecular complexity index is 207. The zero-order chi connectivity index (χ0) is 14.1. The molecule has 0 saturated heterocycles. The highest BCUT2D eigenvalue weighted by molar-refractivity contribution is 5.11. The van der Waals surface area contributed by atoms with Crippen molar-refractivity contribution in [1.29, 1.82) is 0 Å². The van der Waals surface area contributed by atoms with Crippen molar-refractivity contribution in [2.24, 2.45) is 0 Å². The summed E-state index contributed by atoms with van der Waals surface area (Å²) in [4.78, 5) is 0. The first kappa shape index (κ1) is 19.6. The van der Waals surface area contributed by atoms with E-state index in [2.05, 4.69) is 32.9 Å². The van der Waals surface area contributed by atoms with Gasteiger partial charge in [-0.2, -0.15) is 0 Å². The summed E-state index contributed by atoms with van der Waals surface area (Å²) in [7, 11) is 0. The van der Waals surface area contributed by atoms with E-state index in [-0.39, 0.29) is 0 Å². The minimum Gasteiger partial charge on any atom is -0.0683 e. The fraction of sp³-hybridized carbons (Fsp3) is 0.667. The lowest BCUT2D eigenvalue weighted by Gasteiger charge is -1.96. The first-order valence-corrected chi connectivity index (χ1v) is 7.82. The van der Waals surface area contributed by atoms with E-state index in [1.54, 1.807) is 0 Å². The summed E-state index contributed by atoms with van der Waals surface area (Å²) < 4.78 is 0. The van der Waals surface area contributed by atoms with Gasteiger partial charge in [-0.25, -0.2) is 0 Å². The molecule has 0 N–H and O–H groups in total. The Morgan fingerprint density at radius 3 is 1.33 bits per heavy atom. The van der Waals surface area contributed by atoms with Crippen LogP contribution in [-0.4, -0.2) is 0 Å². The number of hydrogen-bond donors (Lipinski definition) is 0. The van der Waals surface area contributed by atoms with Crippen molar-refractivity contribution in [3.8, 4) is 0 Å². The molecular formula is C18H34. The maximum absolute atomic E-state index is 2.26. The quantitative estimate of drug-likeness (QED) is 0.488. The molecule has 0 amide bonds. The van der Waals surface area contributed by atoms with Crippen LogP contribution in [0.25, 0.3) is 0 Å². The number of aryl methyl sites for hydroxylation is 1. The molecule has 0 saturated carbocycles. The van der Waals surface area contributed by atoms with Gasteiger partial charge >= 0.3 is 0 Å². The predicted molar refractivity (Wildman–Crippen MR) is 86.2 cm³/mol. The topological polar surface area (TPSA) is 0 Å². The summed E-state index contributed by atoms with van der Waals surface area (Å²) in [6, 6.07) is 10.3. The second-order valence-corrected chi connectivity index (χ2v) is 4.42. The molecule has 0 aliphatic heterocycles. The average molecular weight is 250 g/mol. The first-order valence-electron chi connectivity index (χ1n) is 7.82. The maximum Gasteiger partial charge on any atom is -0.0398 e. The number of hydrogen-bond acceptors (Lipinski definition) is 0. The Hall–Kier alpha value is -0.780. The van der Waals surface area contributed by atoms with Gasteiger partial charge in [0.15, 0.2) is 0 Å². The second kappa shape index (κ2) is 18.6. The van der Waals surface area contributed by atoms with Crippen LogP contribution in [-0.2, 0) is 0 Å². The second-order valence-electron chi connectivity index (χ2n) is 4.42. The smallest absolute Gasteiger partial charge is 0.0398 e. The van der Waals surface area contributed by atoms with Crippen LogP contribution in [0, 0.1) is 6.92 Å². The lowest BCUT2D eigenvalue weighted by molar-refractivity contribution is 0.602. The van der Waals surface area contributed by atoms with Crippen molar-refractivity contribution in [3.05, 3.63) is 35.9 Å². The molecule has 0 heteroatoms. The summed E-state index contributed by atoms with van der Waals surface area (Å²) in [5.74, 6) is 0. The Morgan fingerprint density at radius 2 is 1.06 bits per heavy atom. The van der Waals surface area contributed by atoms with Crippen LogP contribution in [0.15, 0.2) is 30.3 Å². The molecule has 0 spiro atoms. The van der Waals surface area contributed by atoms with Gasteiger partial charge in [0.2, 0.25) is 0 Å². The van der Waals surface area contributed by atoms with Gasteiger partial charge < -0.3 is 0 Å². The fourth-order valence-electron chi connectivity index (χ4n) is 1.56. The molecule has 18 heavy (non-hydrogen) atoms. The van der Waals surface area contributed by atoms with E-state index in [0.29, 0.717) is 0 Å². The molecule has 1 rings (SSSR count). The zero-order valence-electron chi connectivity index (χ0n) is 13.3. The Balaban J connectivity index is 0. The van der Waals surface area contributed by atoms with Gasteiger partial charge in [-0.3, -0.25) is 0 Å². The average Bonchev–Trinajstić information content (AvgIpc) is 2.43. The molecule has 0 heterocycles. The van der Waals surface area contributed by atoms with Gasteiger partial charge in [0.05, 0.1) is 0 Å². The molecule has 1 aromatic rings. The van der Waals surface area contributed by atoms with Crippen molar-refractivity contribution in [2.45, 2.75) is 79.6 Å². The Kier molecular flexibility index (Phi) is 20.2. The van der Waals surface area contributed by atoms with Crippen molar-refractivity contribution in [1.82, 2.24) is 0 Å². The van der Waals surface area contributed by atoms with E-state index in [1.807, 2.05) is 32.0 Å². The van der Waals surface area contributed by atoms with Crippen molar-refractivity contribution in [2.75, 3.05) is 0 Å². The maximum atomic E-state index is 2.26. The molecule has 1 aromatic carbocycles. The third-order valence-corrected chi connectivity index (χ3v) is 2.65. The largest absolute Gasteiger partial charge is 0.0683 e. The van der Waals surface area contributed by atoms with Gasteiger partial charge in [0, 0.05) is 0 Å². The van der Waals surface area contributed by atoms with Crippen LogP contribution in [0.5, 0.6) is 0 Å². The molecule has 0 unspecified atom stereocenters. The van der Waals surface area contributed by atoms with Gasteiger partial charge in [-0.15, -0.1) is 0 Å². The standard InChI is InChI=1S/C9H20.C7H8.C2H6/c1-3-5-7-9-8-6-4-2;1-7-5-3-2-4-6-7;1-2/h3-9H2,1-2H3;2-6H,1H3;1-2H3. The van der Waals surface area contributed by atoms with Crippen LogP contribution >= 0.6 is 0 Å². The fourth-order valence-corrected chi connectivity index (χ4v) is 1.56. The minimum absolute atomic E-state index is 1.32. The van der Waals surface area contributed by atoms with Crippen molar-refractivity contribution < 1.29 is 0 Å².